The van der Waals surface area contributed by atoms with Crippen molar-refractivity contribution in [2.75, 3.05) is 0 Å². The van der Waals surface area contributed by atoms with Crippen LogP contribution in [0.1, 0.15) is 39.2 Å². The lowest BCUT2D eigenvalue weighted by Gasteiger charge is -2.41. The number of nitrogens with two attached hydrogens (primary N) is 1. The standard InChI is InChI=1S/C19H24N2O5S/c1-4-5-13(22)26-12-8-6-11(7-9-12)10-25-18(24)15-19(2,3)27-17-14(20)16(23)21(15)17/h6-9,14-15,17H,4-5,10,20H2,1-3H3. The molecule has 8 heteroatoms. The Bertz CT molecular complexity index is 749. The van der Waals surface area contributed by atoms with Crippen molar-refractivity contribution in [3.05, 3.63) is 29.8 Å². The minimum Gasteiger partial charge on any atom is -0.459 e. The topological polar surface area (TPSA) is 98.9 Å². The highest BCUT2D eigenvalue weighted by atomic mass is 32.2. The van der Waals surface area contributed by atoms with Gasteiger partial charge < -0.3 is 20.1 Å². The van der Waals surface area contributed by atoms with Gasteiger partial charge in [0.2, 0.25) is 5.91 Å². The van der Waals surface area contributed by atoms with Crippen molar-refractivity contribution in [1.29, 1.82) is 0 Å². The quantitative estimate of drug-likeness (QED) is 0.448. The minimum absolute atomic E-state index is 0.0814. The number of carbonyl (C=O) groups excluding carboxylic acids is 3. The summed E-state index contributed by atoms with van der Waals surface area (Å²) in [6, 6.07) is 5.62. The zero-order chi connectivity index (χ0) is 19.8. The molecule has 1 amide bonds. The number of benzene rings is 1. The van der Waals surface area contributed by atoms with Crippen LogP contribution in [0.3, 0.4) is 0 Å². The number of nitrogens with zero attached hydrogens (tertiary/aromatic N) is 1. The van der Waals surface area contributed by atoms with Gasteiger partial charge in [0.05, 0.1) is 0 Å². The van der Waals surface area contributed by atoms with Crippen LogP contribution in [0.4, 0.5) is 0 Å². The Morgan fingerprint density at radius 2 is 1.93 bits per heavy atom. The van der Waals surface area contributed by atoms with E-state index in [0.29, 0.717) is 12.2 Å². The van der Waals surface area contributed by atoms with Crippen molar-refractivity contribution in [1.82, 2.24) is 4.90 Å². The zero-order valence-electron chi connectivity index (χ0n) is 15.6. The highest BCUT2D eigenvalue weighted by Gasteiger charge is 2.63. The summed E-state index contributed by atoms with van der Waals surface area (Å²) < 4.78 is 10.2. The van der Waals surface area contributed by atoms with Crippen molar-refractivity contribution < 1.29 is 23.9 Å². The molecule has 3 rings (SSSR count). The van der Waals surface area contributed by atoms with Gasteiger partial charge in [-0.3, -0.25) is 9.59 Å². The molecule has 0 saturated carbocycles. The number of carbonyl (C=O) groups is 3. The van der Waals surface area contributed by atoms with Crippen LogP contribution in [0.2, 0.25) is 0 Å². The van der Waals surface area contributed by atoms with Gasteiger partial charge in [-0.2, -0.15) is 0 Å². The molecule has 27 heavy (non-hydrogen) atoms. The molecule has 0 bridgehead atoms. The molecule has 1 aromatic carbocycles. The number of rotatable bonds is 6. The summed E-state index contributed by atoms with van der Waals surface area (Å²) in [5.41, 5.74) is 6.59. The van der Waals surface area contributed by atoms with Gasteiger partial charge in [-0.25, -0.2) is 4.79 Å². The summed E-state index contributed by atoms with van der Waals surface area (Å²) in [6.07, 6.45) is 1.10. The molecule has 0 radical (unpaired) electrons. The van der Waals surface area contributed by atoms with E-state index in [-0.39, 0.29) is 23.9 Å². The molecule has 2 heterocycles. The minimum atomic E-state index is -0.644. The van der Waals surface area contributed by atoms with Crippen LogP contribution >= 0.6 is 11.8 Å². The number of thioether (sulfide) groups is 1. The number of ether oxygens (including phenoxy) is 2. The average molecular weight is 392 g/mol. The average Bonchev–Trinajstić information content (AvgIpc) is 2.89. The summed E-state index contributed by atoms with van der Waals surface area (Å²) in [7, 11) is 0. The third-order valence-corrected chi connectivity index (χ3v) is 6.29. The second-order valence-electron chi connectivity index (χ2n) is 7.26. The number of hydrogen-bond donors (Lipinski definition) is 1. The lowest BCUT2D eigenvalue weighted by Crippen LogP contribution is -2.68. The van der Waals surface area contributed by atoms with Crippen LogP contribution < -0.4 is 10.5 Å². The molecule has 0 aromatic heterocycles. The maximum Gasteiger partial charge on any atom is 0.330 e. The van der Waals surface area contributed by atoms with Gasteiger partial charge in [0, 0.05) is 11.2 Å². The van der Waals surface area contributed by atoms with E-state index in [1.54, 1.807) is 24.3 Å². The van der Waals surface area contributed by atoms with Gasteiger partial charge in [0.1, 0.15) is 29.8 Å². The Hall–Kier alpha value is -2.06. The predicted octanol–water partition coefficient (Wildman–Crippen LogP) is 1.82. The molecule has 2 aliphatic rings. The largest absolute Gasteiger partial charge is 0.459 e. The van der Waals surface area contributed by atoms with Gasteiger partial charge >= 0.3 is 11.9 Å². The van der Waals surface area contributed by atoms with Crippen molar-refractivity contribution in [3.63, 3.8) is 0 Å². The predicted molar refractivity (Wildman–Crippen MR) is 101 cm³/mol. The molecule has 3 atom stereocenters. The van der Waals surface area contributed by atoms with Gasteiger partial charge in [-0.15, -0.1) is 11.8 Å². The van der Waals surface area contributed by atoms with Crippen LogP contribution in [-0.4, -0.2) is 45.0 Å². The van der Waals surface area contributed by atoms with E-state index >= 15 is 0 Å². The molecular weight excluding hydrogens is 368 g/mol. The van der Waals surface area contributed by atoms with E-state index in [2.05, 4.69) is 0 Å². The van der Waals surface area contributed by atoms with Crippen LogP contribution in [-0.2, 0) is 25.7 Å². The van der Waals surface area contributed by atoms with Gasteiger partial charge in [-0.1, -0.05) is 19.1 Å². The molecule has 2 fully saturated rings. The van der Waals surface area contributed by atoms with Crippen molar-refractivity contribution in [2.45, 2.75) is 62.4 Å². The maximum atomic E-state index is 12.6. The first-order valence-corrected chi connectivity index (χ1v) is 9.84. The van der Waals surface area contributed by atoms with Crippen LogP contribution in [0, 0.1) is 0 Å². The fraction of sp³-hybridized carbons (Fsp3) is 0.526. The maximum absolute atomic E-state index is 12.6. The Kier molecular flexibility index (Phi) is 5.48. The van der Waals surface area contributed by atoms with E-state index in [1.807, 2.05) is 20.8 Å². The van der Waals surface area contributed by atoms with Crippen LogP contribution in [0.15, 0.2) is 24.3 Å². The lowest BCUT2D eigenvalue weighted by atomic mass is 9.96. The van der Waals surface area contributed by atoms with Crippen LogP contribution in [0.25, 0.3) is 0 Å². The van der Waals surface area contributed by atoms with Crippen molar-refractivity contribution >= 4 is 29.6 Å². The number of hydrogen-bond acceptors (Lipinski definition) is 7. The molecule has 2 aliphatic heterocycles. The second kappa shape index (κ2) is 7.52. The smallest absolute Gasteiger partial charge is 0.330 e. The van der Waals surface area contributed by atoms with Crippen molar-refractivity contribution in [2.24, 2.45) is 5.73 Å². The molecule has 2 saturated heterocycles. The Labute approximate surface area is 162 Å². The first-order valence-electron chi connectivity index (χ1n) is 8.96. The van der Waals surface area contributed by atoms with Crippen molar-refractivity contribution in [3.8, 4) is 5.75 Å². The molecular formula is C19H24N2O5S. The van der Waals surface area contributed by atoms with E-state index in [0.717, 1.165) is 12.0 Å². The van der Waals surface area contributed by atoms with Gasteiger partial charge in [0.15, 0.2) is 0 Å². The summed E-state index contributed by atoms with van der Waals surface area (Å²) >= 11 is 1.53. The summed E-state index contributed by atoms with van der Waals surface area (Å²) in [5.74, 6) is -0.462. The summed E-state index contributed by atoms with van der Waals surface area (Å²) in [4.78, 5) is 37.7. The number of esters is 2. The monoisotopic (exact) mass is 392 g/mol. The number of amides is 1. The lowest BCUT2D eigenvalue weighted by molar-refractivity contribution is -0.163. The molecule has 7 nitrogen and oxygen atoms in total. The molecule has 0 aliphatic carbocycles. The molecule has 1 aromatic rings. The molecule has 2 N–H and O–H groups in total. The number of β-lactam (4-membered cyclic amide) rings is 1. The second-order valence-corrected chi connectivity index (χ2v) is 9.03. The van der Waals surface area contributed by atoms with E-state index in [4.69, 9.17) is 15.2 Å². The Balaban J connectivity index is 1.57. The molecule has 146 valence electrons. The molecule has 3 unspecified atom stereocenters. The first-order chi connectivity index (χ1) is 12.7. The highest BCUT2D eigenvalue weighted by molar-refractivity contribution is 8.01. The van der Waals surface area contributed by atoms with Gasteiger partial charge in [-0.05, 0) is 38.0 Å². The van der Waals surface area contributed by atoms with E-state index in [1.165, 1.54) is 16.7 Å². The normalized spacial score (nSPS) is 25.6. The van der Waals surface area contributed by atoms with E-state index in [9.17, 15) is 14.4 Å². The highest BCUT2D eigenvalue weighted by Crippen LogP contribution is 2.50. The van der Waals surface area contributed by atoms with E-state index < -0.39 is 22.8 Å². The first kappa shape index (κ1) is 19.7. The Morgan fingerprint density at radius 1 is 1.26 bits per heavy atom. The Morgan fingerprint density at radius 3 is 2.56 bits per heavy atom. The fourth-order valence-corrected chi connectivity index (χ4v) is 4.86. The summed E-state index contributed by atoms with van der Waals surface area (Å²) in [5, 5.41) is -0.165. The third-order valence-electron chi connectivity index (χ3n) is 4.70. The van der Waals surface area contributed by atoms with Crippen LogP contribution in [0.5, 0.6) is 5.75 Å². The summed E-state index contributed by atoms with van der Waals surface area (Å²) in [6.45, 7) is 5.83. The number of fused-ring (bicyclic) bond motifs is 1. The van der Waals surface area contributed by atoms with Gasteiger partial charge in [0.25, 0.3) is 0 Å². The fourth-order valence-electron chi connectivity index (χ4n) is 3.30. The molecule has 0 spiro atoms. The third kappa shape index (κ3) is 3.82. The SMILES string of the molecule is CCCC(=O)Oc1ccc(COC(=O)C2N3C(=O)C(N)C3SC2(C)C)cc1. The zero-order valence-corrected chi connectivity index (χ0v) is 16.5.